The molecule has 0 saturated carbocycles. The average Bonchev–Trinajstić information content (AvgIpc) is 2.92. The molecule has 0 atom stereocenters. The zero-order valence-electron chi connectivity index (χ0n) is 10.2. The Balaban J connectivity index is 2.23. The molecule has 1 N–H and O–H groups in total. The van der Waals surface area contributed by atoms with Crippen molar-refractivity contribution >= 4 is 23.5 Å². The molecule has 0 unspecified atom stereocenters. The molecule has 6 heteroatoms. The average molecular weight is 277 g/mol. The first kappa shape index (κ1) is 13.3. The Morgan fingerprint density at radius 2 is 2.21 bits per heavy atom. The summed E-state index contributed by atoms with van der Waals surface area (Å²) in [6.45, 7) is 3.98. The molecule has 1 aromatic heterocycles. The molecule has 0 aliphatic heterocycles. The first-order chi connectivity index (χ1) is 9.29. The molecule has 0 amide bonds. The van der Waals surface area contributed by atoms with Crippen molar-refractivity contribution < 1.29 is 4.84 Å². The largest absolute Gasteiger partial charge is 0.272 e. The Morgan fingerprint density at radius 3 is 2.84 bits per heavy atom. The van der Waals surface area contributed by atoms with E-state index in [4.69, 9.17) is 16.4 Å². The van der Waals surface area contributed by atoms with Crippen LogP contribution in [0.2, 0.25) is 5.02 Å². The molecular formula is C13H13ClN4O. The summed E-state index contributed by atoms with van der Waals surface area (Å²) in [5, 5.41) is 4.69. The van der Waals surface area contributed by atoms with Crippen LogP contribution in [0.15, 0.2) is 49.6 Å². The molecule has 0 saturated heterocycles. The number of nitrogens with zero attached hydrogens (tertiary/aromatic N) is 3. The highest BCUT2D eigenvalue weighted by Crippen LogP contribution is 2.16. The van der Waals surface area contributed by atoms with Crippen molar-refractivity contribution in [3.05, 3.63) is 60.2 Å². The van der Waals surface area contributed by atoms with Gasteiger partial charge in [-0.1, -0.05) is 29.8 Å². The van der Waals surface area contributed by atoms with Gasteiger partial charge in [-0.05, 0) is 12.1 Å². The smallest absolute Gasteiger partial charge is 0.138 e. The Labute approximate surface area is 116 Å². The Morgan fingerprint density at radius 1 is 1.42 bits per heavy atom. The van der Waals surface area contributed by atoms with Crippen LogP contribution in [0, 0.1) is 0 Å². The number of hydrogen-bond acceptors (Lipinski definition) is 4. The molecule has 0 aliphatic carbocycles. The maximum absolute atomic E-state index is 5.87. The topological polar surface area (TPSA) is 52.0 Å². The molecule has 0 fully saturated rings. The number of rotatable bonds is 6. The first-order valence-corrected chi connectivity index (χ1v) is 5.98. The highest BCUT2D eigenvalue weighted by molar-refractivity contribution is 6.30. The Kier molecular flexibility index (Phi) is 4.72. The number of aromatic nitrogens is 3. The summed E-state index contributed by atoms with van der Waals surface area (Å²) in [6.07, 6.45) is 6.47. The van der Waals surface area contributed by atoms with Crippen LogP contribution in [-0.2, 0) is 4.84 Å². The van der Waals surface area contributed by atoms with Gasteiger partial charge in [-0.2, -0.15) is 5.10 Å². The molecule has 98 valence electrons. The van der Waals surface area contributed by atoms with Crippen LogP contribution in [0.3, 0.4) is 0 Å². The zero-order chi connectivity index (χ0) is 13.5. The molecule has 0 spiro atoms. The van der Waals surface area contributed by atoms with Gasteiger partial charge in [0, 0.05) is 10.6 Å². The summed E-state index contributed by atoms with van der Waals surface area (Å²) in [5.41, 5.74) is 4.51. The zero-order valence-corrected chi connectivity index (χ0v) is 10.9. The van der Waals surface area contributed by atoms with Gasteiger partial charge in [0.2, 0.25) is 0 Å². The van der Waals surface area contributed by atoms with Crippen molar-refractivity contribution in [1.82, 2.24) is 20.2 Å². The van der Waals surface area contributed by atoms with Gasteiger partial charge in [-0.3, -0.25) is 10.3 Å². The van der Waals surface area contributed by atoms with E-state index in [1.807, 2.05) is 12.1 Å². The second-order valence-corrected chi connectivity index (χ2v) is 4.06. The summed E-state index contributed by atoms with van der Waals surface area (Å²) in [6, 6.07) is 7.38. The highest BCUT2D eigenvalue weighted by Gasteiger charge is 2.02. The molecule has 0 bridgehead atoms. The predicted octanol–water partition coefficient (Wildman–Crippen LogP) is 2.59. The summed E-state index contributed by atoms with van der Waals surface area (Å²) in [5.74, 6) is 0. The second kappa shape index (κ2) is 6.72. The molecular weight excluding hydrogens is 264 g/mol. The number of hydroxylamine groups is 1. The third kappa shape index (κ3) is 3.94. The number of benzene rings is 1. The molecule has 2 rings (SSSR count). The molecule has 2 aromatic rings. The lowest BCUT2D eigenvalue weighted by molar-refractivity contribution is 0.104. The van der Waals surface area contributed by atoms with Gasteiger partial charge in [0.05, 0.1) is 18.5 Å². The van der Waals surface area contributed by atoms with Crippen LogP contribution in [-0.4, -0.2) is 21.4 Å². The fourth-order valence-electron chi connectivity index (χ4n) is 1.38. The summed E-state index contributed by atoms with van der Waals surface area (Å²) < 4.78 is 1.58. The van der Waals surface area contributed by atoms with Crippen LogP contribution in [0.25, 0.3) is 11.9 Å². The van der Waals surface area contributed by atoms with Crippen molar-refractivity contribution in [1.29, 1.82) is 0 Å². The minimum Gasteiger partial charge on any atom is -0.272 e. The van der Waals surface area contributed by atoms with Crippen molar-refractivity contribution in [2.24, 2.45) is 0 Å². The SMILES string of the molecule is C=CCONC(=Cn1cncn1)c1ccc(Cl)cc1. The fourth-order valence-corrected chi connectivity index (χ4v) is 1.51. The number of halogens is 1. The van der Waals surface area contributed by atoms with Crippen LogP contribution in [0.5, 0.6) is 0 Å². The van der Waals surface area contributed by atoms with Gasteiger partial charge < -0.3 is 0 Å². The van der Waals surface area contributed by atoms with E-state index in [0.717, 1.165) is 11.3 Å². The second-order valence-electron chi connectivity index (χ2n) is 3.63. The van der Waals surface area contributed by atoms with Crippen molar-refractivity contribution in [2.45, 2.75) is 0 Å². The van der Waals surface area contributed by atoms with Gasteiger partial charge in [0.1, 0.15) is 12.7 Å². The minimum atomic E-state index is 0.391. The fraction of sp³-hybridized carbons (Fsp3) is 0.0769. The third-order valence-corrected chi connectivity index (χ3v) is 2.49. The van der Waals surface area contributed by atoms with E-state index in [-0.39, 0.29) is 0 Å². The normalized spacial score (nSPS) is 11.3. The number of hydrogen-bond donors (Lipinski definition) is 1. The van der Waals surface area contributed by atoms with Crippen LogP contribution < -0.4 is 5.48 Å². The van der Waals surface area contributed by atoms with E-state index in [2.05, 4.69) is 22.1 Å². The van der Waals surface area contributed by atoms with Gasteiger partial charge in [-0.15, -0.1) is 6.58 Å². The van der Waals surface area contributed by atoms with E-state index in [0.29, 0.717) is 11.6 Å². The Bertz CT molecular complexity index is 549. The molecule has 19 heavy (non-hydrogen) atoms. The molecule has 0 radical (unpaired) electrons. The quantitative estimate of drug-likeness (QED) is 0.501. The lowest BCUT2D eigenvalue weighted by Gasteiger charge is -2.10. The van der Waals surface area contributed by atoms with Crippen LogP contribution >= 0.6 is 11.6 Å². The van der Waals surface area contributed by atoms with Gasteiger partial charge in [-0.25, -0.2) is 9.67 Å². The monoisotopic (exact) mass is 276 g/mol. The predicted molar refractivity (Wildman–Crippen MR) is 74.9 cm³/mol. The van der Waals surface area contributed by atoms with E-state index < -0.39 is 0 Å². The van der Waals surface area contributed by atoms with Crippen molar-refractivity contribution in [3.63, 3.8) is 0 Å². The lowest BCUT2D eigenvalue weighted by atomic mass is 10.2. The number of nitrogens with one attached hydrogen (secondary N) is 1. The Hall–Kier alpha value is -2.11. The van der Waals surface area contributed by atoms with Gasteiger partial charge >= 0.3 is 0 Å². The van der Waals surface area contributed by atoms with Gasteiger partial charge in [0.15, 0.2) is 0 Å². The standard InChI is InChI=1S/C13H13ClN4O/c1-2-7-19-17-13(8-18-10-15-9-16-18)11-3-5-12(14)6-4-11/h2-6,8-10,17H,1,7H2. The van der Waals surface area contributed by atoms with E-state index in [9.17, 15) is 0 Å². The van der Waals surface area contributed by atoms with Crippen LogP contribution in [0.4, 0.5) is 0 Å². The molecule has 1 aromatic carbocycles. The highest BCUT2D eigenvalue weighted by atomic mass is 35.5. The summed E-state index contributed by atoms with van der Waals surface area (Å²) in [7, 11) is 0. The van der Waals surface area contributed by atoms with E-state index >= 15 is 0 Å². The first-order valence-electron chi connectivity index (χ1n) is 5.60. The van der Waals surface area contributed by atoms with Crippen molar-refractivity contribution in [2.75, 3.05) is 6.61 Å². The molecule has 5 nitrogen and oxygen atoms in total. The van der Waals surface area contributed by atoms with E-state index in [1.165, 1.54) is 6.33 Å². The lowest BCUT2D eigenvalue weighted by Crippen LogP contribution is -2.14. The maximum Gasteiger partial charge on any atom is 0.138 e. The molecule has 0 aliphatic rings. The van der Waals surface area contributed by atoms with Gasteiger partial charge in [0.25, 0.3) is 0 Å². The third-order valence-electron chi connectivity index (χ3n) is 2.24. The maximum atomic E-state index is 5.87. The minimum absolute atomic E-state index is 0.391. The summed E-state index contributed by atoms with van der Waals surface area (Å²) in [4.78, 5) is 9.13. The van der Waals surface area contributed by atoms with Crippen LogP contribution in [0.1, 0.15) is 5.56 Å². The van der Waals surface area contributed by atoms with E-state index in [1.54, 1.807) is 35.4 Å². The molecule has 1 heterocycles. The van der Waals surface area contributed by atoms with Crippen molar-refractivity contribution in [3.8, 4) is 0 Å². The summed E-state index contributed by atoms with van der Waals surface area (Å²) >= 11 is 5.87.